The number of aliphatic hydroxyl groups is 1. The smallest absolute Gasteiger partial charge is 0.326 e. The summed E-state index contributed by atoms with van der Waals surface area (Å²) in [6, 6.07) is -11.3. The third-order valence-corrected chi connectivity index (χ3v) is 21.2. The second-order valence-electron chi connectivity index (χ2n) is 32.3. The molecule has 20 amide bonds. The zero-order chi connectivity index (χ0) is 106. The molecular weight excluding hydrogens is 1890 g/mol. The average molecular weight is 2000 g/mol. The number of amides is 20. The second-order valence-corrected chi connectivity index (χ2v) is 33.3. The van der Waals surface area contributed by atoms with Crippen molar-refractivity contribution in [1.29, 1.82) is 0 Å². The maximum atomic E-state index is 14.7. The fourth-order valence-electron chi connectivity index (χ4n) is 13.2. The van der Waals surface area contributed by atoms with E-state index in [0.717, 1.165) is 0 Å². The van der Waals surface area contributed by atoms with Gasteiger partial charge in [-0.2, -0.15) is 11.8 Å². The number of aromatic nitrogens is 2. The van der Waals surface area contributed by atoms with Gasteiger partial charge >= 0.3 is 29.8 Å². The number of phenols is 1. The molecular formula is C85H115N23O32S. The third-order valence-electron chi connectivity index (χ3n) is 20.5. The highest BCUT2D eigenvalue weighted by Gasteiger charge is 2.42. The molecule has 4 aromatic rings. The standard InChI is InChI=1S/C85H115N23O32S/c1-39(2)69(108-74(128)48(20-23-62(89)113)96-83(137)59(37-109)107-76(130)50(26-40-10-6-4-7-11-40)99-73(127)49(24-25-141-3)97-79(133)54(32-65(116)117)98-70(124)45(86)29-43-36-92-38-93-43)84(138)105-51(27-41-12-8-5-9-13-41)75(129)103-55(33-66(118)119)80(134)95-46(18-21-60(87)111)71(125)102-56(34-67(120)121)82(136)104-57(35-68(122)123)81(135)101-53(31-64(91)115)78(132)100-52(30-63(90)114)77(131)94-47(19-22-61(88)112)72(126)106-58(85(139)140)28-42-14-16-44(110)17-15-42/h4-17,36,38-39,45-59,69,109-110H,18-35,37,86H2,1-3H3,(H2,87,111)(H2,88,112)(H2,89,113)(H2,90,114)(H2,91,115)(H,92,93)(H,94,131)(H,95,134)(H,96,137)(H,97,133)(H,98,124)(H,99,127)(H,100,132)(H,101,135)(H,102,125)(H,103,129)(H,104,136)(H,105,138)(H,106,126)(H,107,130)(H,108,128)(H,116,117)(H,118,119)(H,120,121)(H,122,123)(H,139,140)/t45-,46-,47-,48-,49-,50-,51-,52-,53-,54-,55-,56-,57-,58-,59-,69-/m0/s1. The first-order valence-electron chi connectivity index (χ1n) is 43.1. The summed E-state index contributed by atoms with van der Waals surface area (Å²) < 4.78 is 0. The molecule has 1 aromatic heterocycles. The first-order valence-corrected chi connectivity index (χ1v) is 44.5. The molecule has 1 heterocycles. The molecule has 3 aromatic carbocycles. The number of imidazole rings is 1. The molecule has 35 N–H and O–H groups in total. The van der Waals surface area contributed by atoms with Gasteiger partial charge in [-0.3, -0.25) is 115 Å². The Bertz CT molecular complexity index is 5140. The third kappa shape index (κ3) is 43.3. The number of benzene rings is 3. The summed E-state index contributed by atoms with van der Waals surface area (Å²) in [6.45, 7) is 1.52. The van der Waals surface area contributed by atoms with Crippen molar-refractivity contribution in [2.75, 3.05) is 18.6 Å². The van der Waals surface area contributed by atoms with Crippen molar-refractivity contribution < 1.29 is 156 Å². The minimum Gasteiger partial charge on any atom is -0.508 e. The van der Waals surface area contributed by atoms with Crippen LogP contribution in [0.25, 0.3) is 0 Å². The number of thioether (sulfide) groups is 1. The van der Waals surface area contributed by atoms with E-state index in [4.69, 9.17) is 34.4 Å². The molecule has 0 saturated carbocycles. The van der Waals surface area contributed by atoms with Gasteiger partial charge in [0.1, 0.15) is 96.4 Å². The molecule has 0 spiro atoms. The van der Waals surface area contributed by atoms with E-state index in [1.54, 1.807) is 42.7 Å². The number of aromatic amines is 1. The number of nitrogens with two attached hydrogens (primary N) is 6. The number of hydrogen-bond donors (Lipinski definition) is 29. The molecule has 0 radical (unpaired) electrons. The number of H-pyrrole nitrogens is 1. The first-order chi connectivity index (χ1) is 66.4. The number of rotatable bonds is 65. The van der Waals surface area contributed by atoms with Crippen LogP contribution in [-0.4, -0.2) is 309 Å². The Morgan fingerprint density at radius 1 is 0.326 bits per heavy atom. The van der Waals surface area contributed by atoms with E-state index in [1.807, 2.05) is 21.3 Å². The van der Waals surface area contributed by atoms with Gasteiger partial charge in [0.15, 0.2) is 0 Å². The van der Waals surface area contributed by atoms with Crippen molar-refractivity contribution in [2.45, 2.75) is 220 Å². The van der Waals surface area contributed by atoms with Gasteiger partial charge in [-0.15, -0.1) is 0 Å². The van der Waals surface area contributed by atoms with Crippen molar-refractivity contribution in [3.05, 3.63) is 120 Å². The molecule has 0 aliphatic heterocycles. The number of carboxylic acids is 5. The molecule has 141 heavy (non-hydrogen) atoms. The van der Waals surface area contributed by atoms with E-state index < -0.39 is 347 Å². The van der Waals surface area contributed by atoms with Crippen molar-refractivity contribution in [3.63, 3.8) is 0 Å². The van der Waals surface area contributed by atoms with E-state index in [-0.39, 0.29) is 41.9 Å². The van der Waals surface area contributed by atoms with Crippen molar-refractivity contribution in [1.82, 2.24) is 89.7 Å². The minimum atomic E-state index is -2.49. The number of hydrogen-bond acceptors (Lipinski definition) is 30. The second kappa shape index (κ2) is 59.0. The summed E-state index contributed by atoms with van der Waals surface area (Å²) in [4.78, 5) is 342. The maximum absolute atomic E-state index is 14.7. The summed E-state index contributed by atoms with van der Waals surface area (Å²) in [5.41, 5.74) is 34.3. The minimum absolute atomic E-state index is 0.105. The summed E-state index contributed by atoms with van der Waals surface area (Å²) in [6.07, 6.45) is -9.38. The van der Waals surface area contributed by atoms with Crippen LogP contribution in [0.4, 0.5) is 0 Å². The lowest BCUT2D eigenvalue weighted by Gasteiger charge is -2.29. The highest BCUT2D eigenvalue weighted by atomic mass is 32.2. The lowest BCUT2D eigenvalue weighted by Crippen LogP contribution is -2.62. The van der Waals surface area contributed by atoms with E-state index in [2.05, 4.69) is 68.5 Å². The molecule has 0 aliphatic rings. The van der Waals surface area contributed by atoms with Crippen LogP contribution >= 0.6 is 11.8 Å². The Kier molecular flexibility index (Phi) is 48.9. The predicted molar refractivity (Wildman–Crippen MR) is 486 cm³/mol. The van der Waals surface area contributed by atoms with Gasteiger partial charge in [0.05, 0.1) is 57.5 Å². The van der Waals surface area contributed by atoms with Gasteiger partial charge < -0.3 is 155 Å². The van der Waals surface area contributed by atoms with Crippen LogP contribution in [0.1, 0.15) is 120 Å². The molecule has 768 valence electrons. The van der Waals surface area contributed by atoms with E-state index >= 15 is 0 Å². The maximum Gasteiger partial charge on any atom is 0.326 e. The summed E-state index contributed by atoms with van der Waals surface area (Å²) >= 11 is 1.22. The normalized spacial score (nSPS) is 14.3. The Balaban J connectivity index is 1.61. The summed E-state index contributed by atoms with van der Waals surface area (Å²) in [5, 5.41) is 103. The van der Waals surface area contributed by atoms with Crippen molar-refractivity contribution >= 4 is 160 Å². The number of aliphatic carboxylic acids is 5. The first kappa shape index (κ1) is 117. The molecule has 0 saturated heterocycles. The number of carbonyl (C=O) groups is 25. The fourth-order valence-corrected chi connectivity index (χ4v) is 13.7. The number of nitrogens with zero attached hydrogens (tertiary/aromatic N) is 1. The number of primary amides is 5. The van der Waals surface area contributed by atoms with Gasteiger partial charge in [0, 0.05) is 56.8 Å². The Morgan fingerprint density at radius 3 is 0.915 bits per heavy atom. The van der Waals surface area contributed by atoms with Gasteiger partial charge in [0.2, 0.25) is 118 Å². The predicted octanol–water partition coefficient (Wildman–Crippen LogP) is -11.1. The van der Waals surface area contributed by atoms with Gasteiger partial charge in [-0.25, -0.2) is 9.78 Å². The highest BCUT2D eigenvalue weighted by Crippen LogP contribution is 2.17. The van der Waals surface area contributed by atoms with Crippen LogP contribution in [-0.2, 0) is 146 Å². The summed E-state index contributed by atoms with van der Waals surface area (Å²) in [5.74, 6) is -36.6. The topological polar surface area (TPSA) is 934 Å². The molecule has 0 aliphatic carbocycles. The number of aliphatic hydroxyl groups excluding tert-OH is 1. The Morgan fingerprint density at radius 2 is 0.603 bits per heavy atom. The van der Waals surface area contributed by atoms with Crippen molar-refractivity contribution in [2.24, 2.45) is 40.3 Å². The van der Waals surface area contributed by atoms with Gasteiger partial charge in [-0.1, -0.05) is 86.6 Å². The lowest BCUT2D eigenvalue weighted by molar-refractivity contribution is -0.144. The zero-order valence-corrected chi connectivity index (χ0v) is 77.0. The lowest BCUT2D eigenvalue weighted by atomic mass is 9.99. The van der Waals surface area contributed by atoms with Crippen molar-refractivity contribution in [3.8, 4) is 5.75 Å². The largest absolute Gasteiger partial charge is 0.508 e. The van der Waals surface area contributed by atoms with Gasteiger partial charge in [0.25, 0.3) is 0 Å². The van der Waals surface area contributed by atoms with Crippen LogP contribution in [0.3, 0.4) is 0 Å². The van der Waals surface area contributed by atoms with Crippen LogP contribution in [0.2, 0.25) is 0 Å². The molecule has 4 rings (SSSR count). The summed E-state index contributed by atoms with van der Waals surface area (Å²) in [7, 11) is 0. The quantitative estimate of drug-likeness (QED) is 0.0195. The van der Waals surface area contributed by atoms with Crippen LogP contribution in [0.5, 0.6) is 5.75 Å². The monoisotopic (exact) mass is 2000 g/mol. The molecule has 0 fully saturated rings. The molecule has 56 heteroatoms. The number of phenolic OH excluding ortho intramolecular Hbond substituents is 1. The van der Waals surface area contributed by atoms with Crippen LogP contribution < -0.4 is 114 Å². The zero-order valence-electron chi connectivity index (χ0n) is 76.1. The number of aromatic hydroxyl groups is 1. The molecule has 0 unspecified atom stereocenters. The number of nitrogens with one attached hydrogen (secondary N) is 16. The number of carbonyl (C=O) groups excluding carboxylic acids is 20. The average Bonchev–Trinajstić information content (AvgIpc) is 0.880. The van der Waals surface area contributed by atoms with Crippen LogP contribution in [0, 0.1) is 5.92 Å². The Hall–Kier alpha value is -16.3. The highest BCUT2D eigenvalue weighted by molar-refractivity contribution is 7.98. The molecule has 55 nitrogen and oxygen atoms in total. The van der Waals surface area contributed by atoms with E-state index in [9.17, 15) is 156 Å². The molecule has 0 bridgehead atoms. The Labute approximate surface area is 805 Å². The van der Waals surface area contributed by atoms with Crippen LogP contribution in [0.15, 0.2) is 97.5 Å². The molecule has 16 atom stereocenters. The SMILES string of the molecule is CSCC[C@H](NC(=O)[C@H](CC(=O)O)NC(=O)[C@@H](N)Cc1cnc[nH]1)C(=O)N[C@@H](Cc1ccccc1)C(=O)N[C@@H](CO)C(=O)N[C@@H](CCC(N)=O)C(=O)N[C@H](C(=O)N[C@@H](Cc1ccccc1)C(=O)N[C@@H](CC(=O)O)C(=O)N[C@@H](CCC(N)=O)C(=O)N[C@@H](CC(=O)O)C(=O)N[C@@H](CC(=O)O)C(=O)N[C@@H](CC(N)=O)C(=O)N[C@@H](CC(N)=O)C(=O)N[C@@H](CCC(N)=O)C(=O)N[C@@H](Cc1ccc(O)cc1)C(=O)O)C(C)C. The van der Waals surface area contributed by atoms with Gasteiger partial charge in [-0.05, 0) is 72.4 Å². The van der Waals surface area contributed by atoms with E-state index in [0.29, 0.717) is 11.3 Å². The number of carboxylic acid groups (broad SMARTS) is 5. The fraction of sp³-hybridized carbons (Fsp3) is 0.459. The van der Waals surface area contributed by atoms with E-state index in [1.165, 1.54) is 86.7 Å².